The van der Waals surface area contributed by atoms with Gasteiger partial charge in [-0.05, 0) is 49.8 Å². The number of carbonyl (C=O) groups excluding carboxylic acids is 1. The van der Waals surface area contributed by atoms with Gasteiger partial charge < -0.3 is 20.3 Å². The number of guanidine groups is 1. The van der Waals surface area contributed by atoms with Crippen molar-refractivity contribution in [1.82, 2.24) is 15.5 Å². The summed E-state index contributed by atoms with van der Waals surface area (Å²) >= 11 is 0. The van der Waals surface area contributed by atoms with Gasteiger partial charge >= 0.3 is 0 Å². The SMILES string of the molecule is CCNC(=O)c1cccc(CNC(=NC)N(C)CCC2CCOCC2)c1.I. The number of rotatable bonds is 7. The van der Waals surface area contributed by atoms with Crippen LogP contribution in [0.5, 0.6) is 0 Å². The first-order valence-corrected chi connectivity index (χ1v) is 9.50. The van der Waals surface area contributed by atoms with E-state index in [0.717, 1.165) is 56.5 Å². The maximum absolute atomic E-state index is 12.0. The summed E-state index contributed by atoms with van der Waals surface area (Å²) in [5.74, 6) is 1.59. The van der Waals surface area contributed by atoms with Crippen molar-refractivity contribution in [3.8, 4) is 0 Å². The number of carbonyl (C=O) groups is 1. The fourth-order valence-corrected chi connectivity index (χ4v) is 3.17. The third-order valence-electron chi connectivity index (χ3n) is 4.76. The highest BCUT2D eigenvalue weighted by Gasteiger charge is 2.15. The Morgan fingerprint density at radius 3 is 2.70 bits per heavy atom. The summed E-state index contributed by atoms with van der Waals surface area (Å²) in [5.41, 5.74) is 1.75. The van der Waals surface area contributed by atoms with Crippen molar-refractivity contribution in [3.63, 3.8) is 0 Å². The number of benzene rings is 1. The van der Waals surface area contributed by atoms with Crippen molar-refractivity contribution in [3.05, 3.63) is 35.4 Å². The van der Waals surface area contributed by atoms with Gasteiger partial charge in [0.2, 0.25) is 0 Å². The van der Waals surface area contributed by atoms with E-state index in [1.54, 1.807) is 7.05 Å². The van der Waals surface area contributed by atoms with Gasteiger partial charge in [-0.1, -0.05) is 12.1 Å². The summed E-state index contributed by atoms with van der Waals surface area (Å²) in [6, 6.07) is 7.70. The quantitative estimate of drug-likeness (QED) is 0.352. The molecular weight excluding hydrogens is 455 g/mol. The lowest BCUT2D eigenvalue weighted by Gasteiger charge is -2.26. The third kappa shape index (κ3) is 8.04. The van der Waals surface area contributed by atoms with E-state index in [1.807, 2.05) is 31.2 Å². The molecule has 1 aliphatic rings. The van der Waals surface area contributed by atoms with Crippen LogP contribution in [0.2, 0.25) is 0 Å². The molecule has 1 aromatic rings. The number of hydrogen-bond donors (Lipinski definition) is 2. The summed E-state index contributed by atoms with van der Waals surface area (Å²) in [5, 5.41) is 6.22. The molecule has 2 rings (SSSR count). The standard InChI is InChI=1S/C20H32N4O2.HI/c1-4-22-19(25)18-7-5-6-17(14-18)15-23-20(21-2)24(3)11-8-16-9-12-26-13-10-16;/h5-7,14,16H,4,8-13,15H2,1-3H3,(H,21,23)(H,22,25);1H. The van der Waals surface area contributed by atoms with Crippen molar-refractivity contribution >= 4 is 35.8 Å². The number of amides is 1. The van der Waals surface area contributed by atoms with Gasteiger partial charge in [0.25, 0.3) is 5.91 Å². The predicted octanol–water partition coefficient (Wildman–Crippen LogP) is 2.88. The normalized spacial score (nSPS) is 15.0. The molecule has 1 heterocycles. The van der Waals surface area contributed by atoms with E-state index in [4.69, 9.17) is 4.74 Å². The Morgan fingerprint density at radius 1 is 1.30 bits per heavy atom. The van der Waals surface area contributed by atoms with E-state index in [1.165, 1.54) is 0 Å². The van der Waals surface area contributed by atoms with Crippen LogP contribution in [0, 0.1) is 5.92 Å². The molecule has 0 aromatic heterocycles. The van der Waals surface area contributed by atoms with Gasteiger partial charge in [-0.2, -0.15) is 0 Å². The molecule has 7 heteroatoms. The topological polar surface area (TPSA) is 66.0 Å². The molecule has 1 fully saturated rings. The van der Waals surface area contributed by atoms with Crippen molar-refractivity contribution in [1.29, 1.82) is 0 Å². The lowest BCUT2D eigenvalue weighted by molar-refractivity contribution is 0.0625. The van der Waals surface area contributed by atoms with E-state index >= 15 is 0 Å². The second-order valence-corrected chi connectivity index (χ2v) is 6.73. The zero-order valence-electron chi connectivity index (χ0n) is 16.7. The summed E-state index contributed by atoms with van der Waals surface area (Å²) in [7, 11) is 3.87. The number of nitrogens with one attached hydrogen (secondary N) is 2. The van der Waals surface area contributed by atoms with E-state index in [0.29, 0.717) is 18.7 Å². The monoisotopic (exact) mass is 488 g/mol. The minimum atomic E-state index is -0.0349. The minimum absolute atomic E-state index is 0. The Labute approximate surface area is 180 Å². The molecule has 6 nitrogen and oxygen atoms in total. The van der Waals surface area contributed by atoms with Gasteiger partial charge in [-0.3, -0.25) is 9.79 Å². The Balaban J connectivity index is 0.00000364. The fourth-order valence-electron chi connectivity index (χ4n) is 3.17. The van der Waals surface area contributed by atoms with E-state index in [9.17, 15) is 4.79 Å². The largest absolute Gasteiger partial charge is 0.381 e. The van der Waals surface area contributed by atoms with Crippen LogP contribution in [0.4, 0.5) is 0 Å². The van der Waals surface area contributed by atoms with Crippen molar-refractivity contribution in [2.24, 2.45) is 10.9 Å². The first kappa shape index (κ1) is 23.7. The lowest BCUT2D eigenvalue weighted by atomic mass is 9.96. The van der Waals surface area contributed by atoms with Crippen LogP contribution in [0.3, 0.4) is 0 Å². The molecule has 152 valence electrons. The predicted molar refractivity (Wildman–Crippen MR) is 121 cm³/mol. The van der Waals surface area contributed by atoms with Gasteiger partial charge in [0.1, 0.15) is 0 Å². The van der Waals surface area contributed by atoms with Crippen molar-refractivity contribution in [2.45, 2.75) is 32.7 Å². The molecule has 27 heavy (non-hydrogen) atoms. The first-order chi connectivity index (χ1) is 12.6. The molecule has 0 spiro atoms. The molecule has 0 bridgehead atoms. The Morgan fingerprint density at radius 2 is 2.04 bits per heavy atom. The molecule has 0 unspecified atom stereocenters. The minimum Gasteiger partial charge on any atom is -0.381 e. The van der Waals surface area contributed by atoms with Crippen LogP contribution in [0.1, 0.15) is 42.1 Å². The molecule has 0 saturated carbocycles. The van der Waals surface area contributed by atoms with E-state index in [2.05, 4.69) is 27.6 Å². The first-order valence-electron chi connectivity index (χ1n) is 9.50. The smallest absolute Gasteiger partial charge is 0.251 e. The average Bonchev–Trinajstić information content (AvgIpc) is 2.68. The van der Waals surface area contributed by atoms with Crippen molar-refractivity contribution < 1.29 is 9.53 Å². The molecule has 0 radical (unpaired) electrons. The highest BCUT2D eigenvalue weighted by atomic mass is 127. The molecule has 0 aliphatic carbocycles. The van der Waals surface area contributed by atoms with Gasteiger partial charge in [-0.25, -0.2) is 0 Å². The molecular formula is C20H33IN4O2. The van der Waals surface area contributed by atoms with E-state index in [-0.39, 0.29) is 29.9 Å². The molecule has 1 aromatic carbocycles. The Hall–Kier alpha value is -1.35. The zero-order valence-corrected chi connectivity index (χ0v) is 19.0. The van der Waals surface area contributed by atoms with Crippen molar-refractivity contribution in [2.75, 3.05) is 40.4 Å². The Bertz CT molecular complexity index is 603. The maximum atomic E-state index is 12.0. The van der Waals surface area contributed by atoms with Crippen LogP contribution >= 0.6 is 24.0 Å². The highest BCUT2D eigenvalue weighted by molar-refractivity contribution is 14.0. The van der Waals surface area contributed by atoms with Crippen LogP contribution < -0.4 is 10.6 Å². The summed E-state index contributed by atoms with van der Waals surface area (Å²) in [6.45, 7) is 5.95. The van der Waals surface area contributed by atoms with Gasteiger partial charge in [0.15, 0.2) is 5.96 Å². The molecule has 1 aliphatic heterocycles. The second-order valence-electron chi connectivity index (χ2n) is 6.73. The van der Waals surface area contributed by atoms with Crippen LogP contribution in [-0.2, 0) is 11.3 Å². The van der Waals surface area contributed by atoms with Gasteiger partial charge in [0.05, 0.1) is 0 Å². The van der Waals surface area contributed by atoms with Crippen LogP contribution in [0.25, 0.3) is 0 Å². The third-order valence-corrected chi connectivity index (χ3v) is 4.76. The van der Waals surface area contributed by atoms with Crippen LogP contribution in [0.15, 0.2) is 29.3 Å². The van der Waals surface area contributed by atoms with Crippen LogP contribution in [-0.4, -0.2) is 57.2 Å². The number of hydrogen-bond acceptors (Lipinski definition) is 3. The maximum Gasteiger partial charge on any atom is 0.251 e. The molecule has 1 amide bonds. The fraction of sp³-hybridized carbons (Fsp3) is 0.600. The van der Waals surface area contributed by atoms with Gasteiger partial charge in [0, 0.05) is 52.5 Å². The molecule has 1 saturated heterocycles. The molecule has 0 atom stereocenters. The molecule has 2 N–H and O–H groups in total. The average molecular weight is 488 g/mol. The summed E-state index contributed by atoms with van der Waals surface area (Å²) in [6.07, 6.45) is 3.48. The van der Waals surface area contributed by atoms with E-state index < -0.39 is 0 Å². The number of halogens is 1. The number of nitrogens with zero attached hydrogens (tertiary/aromatic N) is 2. The summed E-state index contributed by atoms with van der Waals surface area (Å²) < 4.78 is 5.43. The zero-order chi connectivity index (χ0) is 18.8. The van der Waals surface area contributed by atoms with Gasteiger partial charge in [-0.15, -0.1) is 24.0 Å². The second kappa shape index (κ2) is 12.9. The number of ether oxygens (including phenoxy) is 1. The lowest BCUT2D eigenvalue weighted by Crippen LogP contribution is -2.39. The number of aliphatic imine (C=N–C) groups is 1. The highest BCUT2D eigenvalue weighted by Crippen LogP contribution is 2.18. The Kier molecular flexibility index (Phi) is 11.3. The summed E-state index contributed by atoms with van der Waals surface area (Å²) in [4.78, 5) is 18.5.